The first kappa shape index (κ1) is 14.5. The highest BCUT2D eigenvalue weighted by molar-refractivity contribution is 5.92. The van der Waals surface area contributed by atoms with Crippen LogP contribution in [0.15, 0.2) is 11.6 Å². The number of carbonyl (C=O) groups excluding carboxylic acids is 1. The summed E-state index contributed by atoms with van der Waals surface area (Å²) in [7, 11) is 0. The van der Waals surface area contributed by atoms with Crippen molar-refractivity contribution in [3.05, 3.63) is 11.6 Å². The van der Waals surface area contributed by atoms with Crippen molar-refractivity contribution in [1.29, 1.82) is 5.26 Å². The van der Waals surface area contributed by atoms with Crippen LogP contribution in [-0.4, -0.2) is 5.78 Å². The lowest BCUT2D eigenvalue weighted by Gasteiger charge is -2.58. The maximum atomic E-state index is 12.0. The molecule has 22 heavy (non-hydrogen) atoms. The van der Waals surface area contributed by atoms with Crippen molar-refractivity contribution >= 4 is 5.78 Å². The van der Waals surface area contributed by atoms with E-state index in [0.29, 0.717) is 17.8 Å². The van der Waals surface area contributed by atoms with Gasteiger partial charge >= 0.3 is 0 Å². The van der Waals surface area contributed by atoms with Crippen molar-refractivity contribution in [1.82, 2.24) is 0 Å². The lowest BCUT2D eigenvalue weighted by molar-refractivity contribution is -0.119. The van der Waals surface area contributed by atoms with Crippen LogP contribution in [0.3, 0.4) is 0 Å². The molecule has 0 aromatic rings. The number of rotatable bonds is 0. The second-order valence-corrected chi connectivity index (χ2v) is 8.80. The average molecular weight is 297 g/mol. The molecule has 3 saturated carbocycles. The Balaban J connectivity index is 1.75. The van der Waals surface area contributed by atoms with Crippen LogP contribution in [0.5, 0.6) is 0 Å². The zero-order valence-corrected chi connectivity index (χ0v) is 13.9. The lowest BCUT2D eigenvalue weighted by Crippen LogP contribution is -2.52. The van der Waals surface area contributed by atoms with Crippen LogP contribution in [0, 0.1) is 45.8 Å². The Kier molecular flexibility index (Phi) is 3.09. The van der Waals surface area contributed by atoms with E-state index in [-0.39, 0.29) is 17.1 Å². The van der Waals surface area contributed by atoms with Crippen LogP contribution < -0.4 is 0 Å². The fraction of sp³-hybridized carbons (Fsp3) is 0.800. The van der Waals surface area contributed by atoms with Gasteiger partial charge < -0.3 is 0 Å². The summed E-state index contributed by atoms with van der Waals surface area (Å²) in [5.74, 6) is 2.35. The third kappa shape index (κ3) is 1.75. The molecule has 0 spiro atoms. The van der Waals surface area contributed by atoms with Crippen molar-refractivity contribution in [2.24, 2.45) is 34.5 Å². The summed E-state index contributed by atoms with van der Waals surface area (Å²) in [6, 6.07) is 2.51. The van der Waals surface area contributed by atoms with Crippen molar-refractivity contribution in [3.8, 4) is 6.07 Å². The van der Waals surface area contributed by atoms with Crippen molar-refractivity contribution < 1.29 is 4.79 Å². The standard InChI is InChI=1S/C20H27NO/c1-19-8-3-4-17(19)16-6-5-13-10-15(22)11-14(12-21)20(13,2)18(16)7-9-19/h10,14,16-18H,3-9,11H2,1-2H3/t14?,16-,17-,18-,19-,20+/m0/s1. The van der Waals surface area contributed by atoms with Gasteiger partial charge in [-0.15, -0.1) is 0 Å². The average Bonchev–Trinajstić information content (AvgIpc) is 2.89. The molecule has 0 bridgehead atoms. The number of hydrogen-bond donors (Lipinski definition) is 0. The number of fused-ring (bicyclic) bond motifs is 5. The molecule has 0 amide bonds. The Bertz CT molecular complexity index is 585. The first-order valence-electron chi connectivity index (χ1n) is 9.12. The SMILES string of the molecule is C[C@@]12CCC[C@H]1[C@@H]1CCC3=CC(=O)CC(C#N)[C@]3(C)[C@H]1CC2. The monoisotopic (exact) mass is 297 g/mol. The summed E-state index contributed by atoms with van der Waals surface area (Å²) in [5.41, 5.74) is 1.83. The minimum Gasteiger partial charge on any atom is -0.295 e. The molecular weight excluding hydrogens is 270 g/mol. The van der Waals surface area contributed by atoms with Gasteiger partial charge in [0.1, 0.15) is 0 Å². The van der Waals surface area contributed by atoms with Crippen LogP contribution in [0.4, 0.5) is 0 Å². The molecule has 3 fully saturated rings. The van der Waals surface area contributed by atoms with E-state index in [1.807, 2.05) is 6.08 Å². The number of allylic oxidation sites excluding steroid dienone is 1. The first-order chi connectivity index (χ1) is 10.5. The molecule has 0 aromatic carbocycles. The van der Waals surface area contributed by atoms with E-state index in [9.17, 15) is 10.1 Å². The number of nitrogens with zero attached hydrogens (tertiary/aromatic N) is 1. The molecule has 2 heteroatoms. The zero-order valence-electron chi connectivity index (χ0n) is 13.9. The summed E-state index contributed by atoms with van der Waals surface area (Å²) in [5, 5.41) is 9.71. The number of hydrogen-bond acceptors (Lipinski definition) is 2. The Labute approximate surface area is 134 Å². The smallest absolute Gasteiger partial charge is 0.157 e. The fourth-order valence-electron chi connectivity index (χ4n) is 6.81. The van der Waals surface area contributed by atoms with Gasteiger partial charge in [0, 0.05) is 11.8 Å². The van der Waals surface area contributed by atoms with E-state index >= 15 is 0 Å². The van der Waals surface area contributed by atoms with Gasteiger partial charge in [-0.1, -0.05) is 25.8 Å². The molecule has 118 valence electrons. The Morgan fingerprint density at radius 2 is 2.00 bits per heavy atom. The molecule has 0 heterocycles. The molecule has 0 saturated heterocycles. The summed E-state index contributed by atoms with van der Waals surface area (Å²) < 4.78 is 0. The molecule has 0 N–H and O–H groups in total. The fourth-order valence-corrected chi connectivity index (χ4v) is 6.81. The summed E-state index contributed by atoms with van der Waals surface area (Å²) in [4.78, 5) is 12.0. The normalized spacial score (nSPS) is 50.4. The maximum Gasteiger partial charge on any atom is 0.157 e. The minimum atomic E-state index is -0.0986. The van der Waals surface area contributed by atoms with E-state index < -0.39 is 0 Å². The third-order valence-electron chi connectivity index (χ3n) is 8.05. The van der Waals surface area contributed by atoms with E-state index in [1.165, 1.54) is 44.1 Å². The summed E-state index contributed by atoms with van der Waals surface area (Å²) in [6.07, 6.45) is 11.4. The predicted octanol–water partition coefficient (Wildman–Crippen LogP) is 4.66. The number of carbonyl (C=O) groups is 1. The van der Waals surface area contributed by atoms with Gasteiger partial charge in [-0.25, -0.2) is 0 Å². The van der Waals surface area contributed by atoms with Gasteiger partial charge in [-0.05, 0) is 67.8 Å². The molecule has 1 unspecified atom stereocenters. The van der Waals surface area contributed by atoms with Crippen LogP contribution in [0.1, 0.15) is 65.2 Å². The second-order valence-electron chi connectivity index (χ2n) is 8.80. The third-order valence-corrected chi connectivity index (χ3v) is 8.05. The highest BCUT2D eigenvalue weighted by atomic mass is 16.1. The molecule has 0 aromatic heterocycles. The molecule has 0 aliphatic heterocycles. The topological polar surface area (TPSA) is 40.9 Å². The maximum absolute atomic E-state index is 12.0. The molecule has 4 aliphatic carbocycles. The molecule has 6 atom stereocenters. The second kappa shape index (κ2) is 4.70. The minimum absolute atomic E-state index is 0.0322. The van der Waals surface area contributed by atoms with E-state index in [4.69, 9.17) is 0 Å². The number of ketones is 1. The molecular formula is C20H27NO. The zero-order chi connectivity index (χ0) is 15.5. The number of nitriles is 1. The van der Waals surface area contributed by atoms with Crippen LogP contribution in [0.2, 0.25) is 0 Å². The highest BCUT2D eigenvalue weighted by Gasteiger charge is 2.58. The van der Waals surface area contributed by atoms with Crippen molar-refractivity contribution in [2.75, 3.05) is 0 Å². The van der Waals surface area contributed by atoms with E-state index in [0.717, 1.165) is 18.3 Å². The Morgan fingerprint density at radius 1 is 1.18 bits per heavy atom. The van der Waals surface area contributed by atoms with Gasteiger partial charge in [-0.2, -0.15) is 5.26 Å². The van der Waals surface area contributed by atoms with Crippen molar-refractivity contribution in [2.45, 2.75) is 65.2 Å². The summed E-state index contributed by atoms with van der Waals surface area (Å²) >= 11 is 0. The van der Waals surface area contributed by atoms with Crippen LogP contribution >= 0.6 is 0 Å². The lowest BCUT2D eigenvalue weighted by atomic mass is 9.45. The Hall–Kier alpha value is -1.10. The highest BCUT2D eigenvalue weighted by Crippen LogP contribution is 2.66. The van der Waals surface area contributed by atoms with E-state index in [2.05, 4.69) is 19.9 Å². The summed E-state index contributed by atoms with van der Waals surface area (Å²) in [6.45, 7) is 4.83. The largest absolute Gasteiger partial charge is 0.295 e. The van der Waals surface area contributed by atoms with Gasteiger partial charge in [0.05, 0.1) is 12.0 Å². The van der Waals surface area contributed by atoms with Gasteiger partial charge in [0.25, 0.3) is 0 Å². The van der Waals surface area contributed by atoms with Gasteiger partial charge in [0.15, 0.2) is 5.78 Å². The predicted molar refractivity (Wildman–Crippen MR) is 85.8 cm³/mol. The van der Waals surface area contributed by atoms with Crippen LogP contribution in [0.25, 0.3) is 0 Å². The van der Waals surface area contributed by atoms with Crippen LogP contribution in [-0.2, 0) is 4.79 Å². The van der Waals surface area contributed by atoms with E-state index in [1.54, 1.807) is 0 Å². The quantitative estimate of drug-likeness (QED) is 0.652. The molecule has 4 rings (SSSR count). The Morgan fingerprint density at radius 3 is 2.77 bits per heavy atom. The first-order valence-corrected chi connectivity index (χ1v) is 9.12. The van der Waals surface area contributed by atoms with Gasteiger partial charge in [-0.3, -0.25) is 4.79 Å². The molecule has 4 aliphatic rings. The van der Waals surface area contributed by atoms with Crippen molar-refractivity contribution in [3.63, 3.8) is 0 Å². The molecule has 0 radical (unpaired) electrons. The van der Waals surface area contributed by atoms with Gasteiger partial charge in [0.2, 0.25) is 0 Å². The molecule has 2 nitrogen and oxygen atoms in total.